The molecule has 3 fully saturated rings. The van der Waals surface area contributed by atoms with E-state index in [1.807, 2.05) is 0 Å². The summed E-state index contributed by atoms with van der Waals surface area (Å²) in [6, 6.07) is 1.21. The third kappa shape index (κ3) is 1.57. The van der Waals surface area contributed by atoms with Gasteiger partial charge in [-0.15, -0.1) is 0 Å². The van der Waals surface area contributed by atoms with Gasteiger partial charge in [0.2, 0.25) is 0 Å². The molecule has 3 aliphatic carbocycles. The van der Waals surface area contributed by atoms with E-state index in [-0.39, 0.29) is 0 Å². The molecule has 2 heterocycles. The summed E-state index contributed by atoms with van der Waals surface area (Å²) in [4.78, 5) is 4.50. The van der Waals surface area contributed by atoms with E-state index in [9.17, 15) is 0 Å². The van der Waals surface area contributed by atoms with Crippen LogP contribution in [0, 0.1) is 23.7 Å². The third-order valence-electron chi connectivity index (χ3n) is 6.66. The normalized spacial score (nSPS) is 45.6. The number of aromatic nitrogens is 3. The quantitative estimate of drug-likeness (QED) is 0.899. The lowest BCUT2D eigenvalue weighted by Crippen LogP contribution is -2.42. The molecule has 0 aromatic carbocycles. The van der Waals surface area contributed by atoms with Crippen LogP contribution in [0.25, 0.3) is 0 Å². The molecule has 1 aromatic rings. The number of aryl methyl sites for hydroxylation is 1. The lowest BCUT2D eigenvalue weighted by Gasteiger charge is -2.35. The first-order valence-corrected chi connectivity index (χ1v) is 8.54. The molecule has 20 heavy (non-hydrogen) atoms. The van der Waals surface area contributed by atoms with Gasteiger partial charge in [-0.2, -0.15) is 5.10 Å². The monoisotopic (exact) mass is 272 g/mol. The summed E-state index contributed by atoms with van der Waals surface area (Å²) < 4.78 is 2.10. The molecule has 3 saturated carbocycles. The molecule has 6 unspecified atom stereocenters. The molecule has 0 spiro atoms. The highest BCUT2D eigenvalue weighted by atomic mass is 15.3. The second-order valence-corrected chi connectivity index (χ2v) is 7.46. The predicted octanol–water partition coefficient (Wildman–Crippen LogP) is 2.53. The topological polar surface area (TPSA) is 42.7 Å². The first-order chi connectivity index (χ1) is 9.90. The second kappa shape index (κ2) is 4.30. The minimum absolute atomic E-state index is 0.454. The predicted molar refractivity (Wildman–Crippen MR) is 76.0 cm³/mol. The van der Waals surface area contributed by atoms with Gasteiger partial charge in [-0.25, -0.2) is 9.67 Å². The van der Waals surface area contributed by atoms with Gasteiger partial charge in [-0.3, -0.25) is 0 Å². The minimum atomic E-state index is 0.454. The fraction of sp³-hybridized carbons (Fsp3) is 0.875. The molecule has 1 aromatic heterocycles. The van der Waals surface area contributed by atoms with Crippen LogP contribution in [0.15, 0.2) is 6.33 Å². The zero-order valence-electron chi connectivity index (χ0n) is 12.0. The van der Waals surface area contributed by atoms with Gasteiger partial charge in [0.15, 0.2) is 0 Å². The number of rotatable bonds is 2. The SMILES string of the molecule is c1nc2n(n1)CCCC2NC1CC2CC1C1CCCC21. The zero-order valence-corrected chi connectivity index (χ0v) is 12.0. The number of hydrogen-bond donors (Lipinski definition) is 1. The summed E-state index contributed by atoms with van der Waals surface area (Å²) in [6.07, 6.45) is 11.7. The van der Waals surface area contributed by atoms with Crippen molar-refractivity contribution in [2.24, 2.45) is 23.7 Å². The van der Waals surface area contributed by atoms with Gasteiger partial charge in [0.1, 0.15) is 12.2 Å². The van der Waals surface area contributed by atoms with Crippen LogP contribution >= 0.6 is 0 Å². The Bertz CT molecular complexity index is 510. The van der Waals surface area contributed by atoms with Crippen LogP contribution in [-0.2, 0) is 6.54 Å². The van der Waals surface area contributed by atoms with Crippen molar-refractivity contribution in [2.45, 2.75) is 63.6 Å². The van der Waals surface area contributed by atoms with Crippen molar-refractivity contribution in [3.8, 4) is 0 Å². The van der Waals surface area contributed by atoms with Crippen molar-refractivity contribution >= 4 is 0 Å². The minimum Gasteiger partial charge on any atom is -0.304 e. The Hall–Kier alpha value is -0.900. The van der Waals surface area contributed by atoms with Gasteiger partial charge in [0.05, 0.1) is 6.04 Å². The average Bonchev–Trinajstić information content (AvgIpc) is 3.20. The van der Waals surface area contributed by atoms with Crippen molar-refractivity contribution < 1.29 is 0 Å². The number of hydrogen-bond acceptors (Lipinski definition) is 3. The third-order valence-corrected chi connectivity index (χ3v) is 6.66. The average molecular weight is 272 g/mol. The van der Waals surface area contributed by atoms with Gasteiger partial charge in [0, 0.05) is 12.6 Å². The summed E-state index contributed by atoms with van der Waals surface area (Å²) in [5.41, 5.74) is 0. The second-order valence-electron chi connectivity index (χ2n) is 7.46. The molecule has 108 valence electrons. The lowest BCUT2D eigenvalue weighted by molar-refractivity contribution is 0.188. The van der Waals surface area contributed by atoms with Crippen LogP contribution in [0.2, 0.25) is 0 Å². The van der Waals surface area contributed by atoms with Crippen LogP contribution < -0.4 is 5.32 Å². The van der Waals surface area contributed by atoms with Crippen LogP contribution in [-0.4, -0.2) is 20.8 Å². The Kier molecular flexibility index (Phi) is 2.52. The first kappa shape index (κ1) is 11.7. The van der Waals surface area contributed by atoms with Crippen molar-refractivity contribution in [3.63, 3.8) is 0 Å². The summed E-state index contributed by atoms with van der Waals surface area (Å²) in [6.45, 7) is 1.05. The lowest BCUT2D eigenvalue weighted by atomic mass is 9.79. The molecule has 2 bridgehead atoms. The van der Waals surface area contributed by atoms with E-state index < -0.39 is 0 Å². The van der Waals surface area contributed by atoms with E-state index in [0.717, 1.165) is 36.3 Å². The Labute approximate surface area is 120 Å². The molecule has 6 atom stereocenters. The zero-order chi connectivity index (χ0) is 13.1. The molecular weight excluding hydrogens is 248 g/mol. The van der Waals surface area contributed by atoms with Crippen molar-refractivity contribution in [2.75, 3.05) is 0 Å². The number of nitrogens with one attached hydrogen (secondary N) is 1. The fourth-order valence-electron chi connectivity index (χ4n) is 5.97. The van der Waals surface area contributed by atoms with Crippen molar-refractivity contribution in [1.82, 2.24) is 20.1 Å². The van der Waals surface area contributed by atoms with Gasteiger partial charge in [-0.1, -0.05) is 6.42 Å². The summed E-state index contributed by atoms with van der Waals surface area (Å²) in [7, 11) is 0. The van der Waals surface area contributed by atoms with E-state index in [2.05, 4.69) is 20.1 Å². The first-order valence-electron chi connectivity index (χ1n) is 8.54. The van der Waals surface area contributed by atoms with Gasteiger partial charge in [0.25, 0.3) is 0 Å². The molecule has 0 amide bonds. The van der Waals surface area contributed by atoms with E-state index in [1.54, 1.807) is 6.33 Å². The van der Waals surface area contributed by atoms with E-state index in [4.69, 9.17) is 0 Å². The van der Waals surface area contributed by atoms with Crippen LogP contribution in [0.3, 0.4) is 0 Å². The van der Waals surface area contributed by atoms with E-state index in [1.165, 1.54) is 50.8 Å². The number of nitrogens with zero attached hydrogens (tertiary/aromatic N) is 3. The Morgan fingerprint density at radius 1 is 1.05 bits per heavy atom. The van der Waals surface area contributed by atoms with E-state index in [0.29, 0.717) is 6.04 Å². The van der Waals surface area contributed by atoms with Crippen LogP contribution in [0.1, 0.15) is 56.8 Å². The van der Waals surface area contributed by atoms with Gasteiger partial charge >= 0.3 is 0 Å². The van der Waals surface area contributed by atoms with Gasteiger partial charge < -0.3 is 5.32 Å². The van der Waals surface area contributed by atoms with Crippen LogP contribution in [0.5, 0.6) is 0 Å². The highest BCUT2D eigenvalue weighted by Crippen LogP contribution is 2.59. The smallest absolute Gasteiger partial charge is 0.143 e. The molecule has 1 N–H and O–H groups in total. The molecular formula is C16H24N4. The van der Waals surface area contributed by atoms with Crippen LogP contribution in [0.4, 0.5) is 0 Å². The number of fused-ring (bicyclic) bond motifs is 6. The summed E-state index contributed by atoms with van der Waals surface area (Å²) >= 11 is 0. The highest BCUT2D eigenvalue weighted by Gasteiger charge is 2.54. The summed E-state index contributed by atoms with van der Waals surface area (Å²) in [5.74, 6) is 5.32. The Morgan fingerprint density at radius 2 is 2.00 bits per heavy atom. The Morgan fingerprint density at radius 3 is 3.00 bits per heavy atom. The van der Waals surface area contributed by atoms with Crippen molar-refractivity contribution in [3.05, 3.63) is 12.2 Å². The molecule has 0 saturated heterocycles. The maximum atomic E-state index is 4.50. The maximum Gasteiger partial charge on any atom is 0.143 e. The van der Waals surface area contributed by atoms with Crippen molar-refractivity contribution in [1.29, 1.82) is 0 Å². The maximum absolute atomic E-state index is 4.50. The highest BCUT2D eigenvalue weighted by molar-refractivity contribution is 5.08. The summed E-state index contributed by atoms with van der Waals surface area (Å²) in [5, 5.41) is 8.33. The Balaban J connectivity index is 1.35. The van der Waals surface area contributed by atoms with Gasteiger partial charge in [-0.05, 0) is 62.2 Å². The molecule has 1 aliphatic heterocycles. The molecule has 4 heteroatoms. The molecule has 5 rings (SSSR count). The molecule has 0 radical (unpaired) electrons. The standard InChI is InChI=1S/C16H24N4/c1-3-11-10-7-13(12(11)4-1)15(8-10)19-14-5-2-6-20-16(14)17-9-18-20/h9-15,19H,1-8H2. The molecule has 4 nitrogen and oxygen atoms in total. The van der Waals surface area contributed by atoms with E-state index >= 15 is 0 Å². The molecule has 4 aliphatic rings. The largest absolute Gasteiger partial charge is 0.304 e. The fourth-order valence-corrected chi connectivity index (χ4v) is 5.97.